The molecule has 0 aliphatic carbocycles. The van der Waals surface area contributed by atoms with Crippen LogP contribution in [0.2, 0.25) is 0 Å². The minimum absolute atomic E-state index is 0.0142. The molecule has 1 saturated heterocycles. The van der Waals surface area contributed by atoms with Crippen LogP contribution in [0, 0.1) is 0 Å². The van der Waals surface area contributed by atoms with Gasteiger partial charge >= 0.3 is 0 Å². The Morgan fingerprint density at radius 3 is 2.48 bits per heavy atom. The van der Waals surface area contributed by atoms with Gasteiger partial charge in [-0.2, -0.15) is 5.10 Å². The van der Waals surface area contributed by atoms with Gasteiger partial charge < -0.3 is 15.1 Å². The zero-order valence-corrected chi connectivity index (χ0v) is 15.4. The first kappa shape index (κ1) is 17.4. The Morgan fingerprint density at radius 1 is 1.04 bits per heavy atom. The van der Waals surface area contributed by atoms with Gasteiger partial charge in [-0.25, -0.2) is 9.97 Å². The summed E-state index contributed by atoms with van der Waals surface area (Å²) in [5.41, 5.74) is 1.81. The molecule has 2 aromatic heterocycles. The summed E-state index contributed by atoms with van der Waals surface area (Å²) >= 11 is 0. The van der Waals surface area contributed by atoms with Gasteiger partial charge in [0.05, 0.1) is 24.3 Å². The number of anilines is 1. The second kappa shape index (κ2) is 7.34. The Labute approximate surface area is 157 Å². The zero-order valence-electron chi connectivity index (χ0n) is 15.4. The van der Waals surface area contributed by atoms with Gasteiger partial charge in [-0.1, -0.05) is 0 Å². The lowest BCUT2D eigenvalue weighted by molar-refractivity contribution is 0.0703. The van der Waals surface area contributed by atoms with Crippen molar-refractivity contribution in [1.82, 2.24) is 29.5 Å². The average Bonchev–Trinajstić information content (AvgIpc) is 3.37. The smallest absolute Gasteiger partial charge is 0.274 e. The Balaban J connectivity index is 1.46. The van der Waals surface area contributed by atoms with Gasteiger partial charge in [-0.15, -0.1) is 0 Å². The Kier molecular flexibility index (Phi) is 4.74. The maximum absolute atomic E-state index is 12.7. The molecule has 2 aromatic rings. The summed E-state index contributed by atoms with van der Waals surface area (Å²) in [5, 5.41) is 7.46. The highest BCUT2D eigenvalue weighted by Crippen LogP contribution is 2.18. The third kappa shape index (κ3) is 3.49. The van der Waals surface area contributed by atoms with E-state index in [1.807, 2.05) is 22.6 Å². The number of rotatable bonds is 4. The molecule has 2 aliphatic rings. The van der Waals surface area contributed by atoms with Crippen LogP contribution in [-0.2, 0) is 13.1 Å². The van der Waals surface area contributed by atoms with Crippen molar-refractivity contribution in [1.29, 1.82) is 0 Å². The molecule has 0 aromatic carbocycles. The molecule has 0 bridgehead atoms. The zero-order chi connectivity index (χ0) is 18.8. The van der Waals surface area contributed by atoms with Crippen LogP contribution in [0.25, 0.3) is 0 Å². The molecule has 9 heteroatoms. The Bertz CT molecular complexity index is 840. The third-order valence-corrected chi connectivity index (χ3v) is 4.93. The number of hydrogen-bond acceptors (Lipinski definition) is 6. The number of carbonyl (C=O) groups is 2. The number of fused-ring (bicyclic) bond motifs is 1. The van der Waals surface area contributed by atoms with Gasteiger partial charge in [0.15, 0.2) is 5.69 Å². The highest BCUT2D eigenvalue weighted by Gasteiger charge is 2.27. The number of hydrogen-bond donors (Lipinski definition) is 1. The Hall–Kier alpha value is -2.97. The molecule has 0 unspecified atom stereocenters. The van der Waals surface area contributed by atoms with E-state index < -0.39 is 0 Å². The standard InChI is InChI=1S/C18H23N7O2/c1-2-19-18-20-10-13(11-21-18)16(26)24-7-8-25-14(12-24)9-15(22-25)17(27)23-5-3-4-6-23/h9-11H,2-8,12H2,1H3,(H,19,20,21). The normalized spacial score (nSPS) is 16.3. The van der Waals surface area contributed by atoms with Gasteiger partial charge in [0, 0.05) is 38.6 Å². The molecule has 2 amide bonds. The summed E-state index contributed by atoms with van der Waals surface area (Å²) in [6, 6.07) is 1.81. The number of aromatic nitrogens is 4. The second-order valence-corrected chi connectivity index (χ2v) is 6.80. The van der Waals surface area contributed by atoms with Crippen molar-refractivity contribution in [3.05, 3.63) is 35.4 Å². The molecule has 4 heterocycles. The summed E-state index contributed by atoms with van der Waals surface area (Å²) < 4.78 is 1.83. The molecule has 4 rings (SSSR count). The quantitative estimate of drug-likeness (QED) is 0.864. The largest absolute Gasteiger partial charge is 0.355 e. The number of likely N-dealkylation sites (tertiary alicyclic amines) is 1. The molecular formula is C18H23N7O2. The molecule has 2 aliphatic heterocycles. The SMILES string of the molecule is CCNc1ncc(C(=O)N2CCn3nc(C(=O)N4CCCC4)cc3C2)cn1. The first-order valence-electron chi connectivity index (χ1n) is 9.37. The van der Waals surface area contributed by atoms with Crippen LogP contribution in [0.1, 0.15) is 46.3 Å². The van der Waals surface area contributed by atoms with Crippen LogP contribution in [0.3, 0.4) is 0 Å². The lowest BCUT2D eigenvalue weighted by atomic mass is 10.2. The molecule has 0 spiro atoms. The fraction of sp³-hybridized carbons (Fsp3) is 0.500. The number of carbonyl (C=O) groups excluding carboxylic acids is 2. The predicted octanol–water partition coefficient (Wildman–Crippen LogP) is 0.997. The van der Waals surface area contributed by atoms with Crippen molar-refractivity contribution in [3.8, 4) is 0 Å². The van der Waals surface area contributed by atoms with E-state index in [0.29, 0.717) is 36.8 Å². The van der Waals surface area contributed by atoms with E-state index in [9.17, 15) is 9.59 Å². The van der Waals surface area contributed by atoms with Crippen LogP contribution in [0.4, 0.5) is 5.95 Å². The van der Waals surface area contributed by atoms with Crippen LogP contribution >= 0.6 is 0 Å². The van der Waals surface area contributed by atoms with E-state index in [0.717, 1.165) is 38.2 Å². The summed E-state index contributed by atoms with van der Waals surface area (Å²) in [7, 11) is 0. The molecule has 0 atom stereocenters. The average molecular weight is 369 g/mol. The van der Waals surface area contributed by atoms with E-state index in [2.05, 4.69) is 20.4 Å². The summed E-state index contributed by atoms with van der Waals surface area (Å²) in [5.74, 6) is 0.383. The fourth-order valence-electron chi connectivity index (χ4n) is 3.50. The monoisotopic (exact) mass is 369 g/mol. The van der Waals surface area contributed by atoms with E-state index in [1.54, 1.807) is 17.3 Å². The molecule has 0 saturated carbocycles. The van der Waals surface area contributed by atoms with Gasteiger partial charge in [0.25, 0.3) is 11.8 Å². The summed E-state index contributed by atoms with van der Waals surface area (Å²) in [6.07, 6.45) is 5.19. The second-order valence-electron chi connectivity index (χ2n) is 6.80. The lowest BCUT2D eigenvalue weighted by Crippen LogP contribution is -2.38. The predicted molar refractivity (Wildman–Crippen MR) is 98.3 cm³/mol. The topological polar surface area (TPSA) is 96.2 Å². The van der Waals surface area contributed by atoms with Crippen LogP contribution in [-0.4, -0.2) is 67.5 Å². The maximum Gasteiger partial charge on any atom is 0.274 e. The van der Waals surface area contributed by atoms with E-state index in [1.165, 1.54) is 0 Å². The van der Waals surface area contributed by atoms with Crippen molar-refractivity contribution in [2.75, 3.05) is 31.5 Å². The van der Waals surface area contributed by atoms with Crippen LogP contribution in [0.5, 0.6) is 0 Å². The first-order chi connectivity index (χ1) is 13.2. The highest BCUT2D eigenvalue weighted by molar-refractivity contribution is 5.94. The number of nitrogens with one attached hydrogen (secondary N) is 1. The summed E-state index contributed by atoms with van der Waals surface area (Å²) in [4.78, 5) is 37.2. The molecule has 0 radical (unpaired) electrons. The fourth-order valence-corrected chi connectivity index (χ4v) is 3.50. The van der Waals surface area contributed by atoms with Gasteiger partial charge in [-0.3, -0.25) is 14.3 Å². The van der Waals surface area contributed by atoms with Gasteiger partial charge in [0.1, 0.15) is 0 Å². The molecule has 1 N–H and O–H groups in total. The molecule has 1 fully saturated rings. The Morgan fingerprint density at radius 2 is 1.78 bits per heavy atom. The van der Waals surface area contributed by atoms with Crippen molar-refractivity contribution in [2.45, 2.75) is 32.9 Å². The van der Waals surface area contributed by atoms with Crippen molar-refractivity contribution >= 4 is 17.8 Å². The van der Waals surface area contributed by atoms with E-state index in [-0.39, 0.29) is 11.8 Å². The van der Waals surface area contributed by atoms with Crippen molar-refractivity contribution in [2.24, 2.45) is 0 Å². The first-order valence-corrected chi connectivity index (χ1v) is 9.37. The minimum Gasteiger partial charge on any atom is -0.355 e. The van der Waals surface area contributed by atoms with Gasteiger partial charge in [0.2, 0.25) is 5.95 Å². The highest BCUT2D eigenvalue weighted by atomic mass is 16.2. The molecular weight excluding hydrogens is 346 g/mol. The minimum atomic E-state index is -0.113. The summed E-state index contributed by atoms with van der Waals surface area (Å²) in [6.45, 7) is 5.82. The molecule has 27 heavy (non-hydrogen) atoms. The van der Waals surface area contributed by atoms with Crippen molar-refractivity contribution in [3.63, 3.8) is 0 Å². The third-order valence-electron chi connectivity index (χ3n) is 4.93. The van der Waals surface area contributed by atoms with Crippen LogP contribution in [0.15, 0.2) is 18.5 Å². The van der Waals surface area contributed by atoms with E-state index >= 15 is 0 Å². The number of nitrogens with zero attached hydrogens (tertiary/aromatic N) is 6. The maximum atomic E-state index is 12.7. The molecule has 142 valence electrons. The van der Waals surface area contributed by atoms with Gasteiger partial charge in [-0.05, 0) is 25.8 Å². The molecule has 9 nitrogen and oxygen atoms in total. The van der Waals surface area contributed by atoms with Crippen LogP contribution < -0.4 is 5.32 Å². The number of amides is 2. The van der Waals surface area contributed by atoms with Crippen molar-refractivity contribution < 1.29 is 9.59 Å². The van der Waals surface area contributed by atoms with E-state index in [4.69, 9.17) is 0 Å². The lowest BCUT2D eigenvalue weighted by Gasteiger charge is -2.27.